The number of nitrogens with zero attached hydrogens (tertiary/aromatic N) is 1. The zero-order chi connectivity index (χ0) is 16.3. The summed E-state index contributed by atoms with van der Waals surface area (Å²) < 4.78 is 11.7. The Morgan fingerprint density at radius 2 is 1.55 bits per heavy atom. The molecule has 0 atom stereocenters. The van der Waals surface area contributed by atoms with Crippen molar-refractivity contribution in [2.45, 2.75) is 26.7 Å². The third-order valence-corrected chi connectivity index (χ3v) is 3.22. The Hall–Kier alpha value is -2.63. The lowest BCUT2D eigenvalue weighted by atomic mass is 10.2. The number of ether oxygens (including phenoxy) is 2. The van der Waals surface area contributed by atoms with Gasteiger partial charge in [-0.2, -0.15) is 0 Å². The molecule has 0 radical (unpaired) electrons. The first-order valence-electron chi connectivity index (χ1n) is 7.02. The molecule has 1 heterocycles. The molecule has 0 aliphatic rings. The Balaban J connectivity index is 2.76. The number of aromatic nitrogens is 1. The minimum Gasteiger partial charge on any atom is -0.422 e. The van der Waals surface area contributed by atoms with Crippen molar-refractivity contribution in [2.24, 2.45) is 7.05 Å². The van der Waals surface area contributed by atoms with Crippen LogP contribution in [-0.4, -0.2) is 16.5 Å². The molecule has 1 aromatic carbocycles. The van der Waals surface area contributed by atoms with Crippen LogP contribution < -0.4 is 15.0 Å². The van der Waals surface area contributed by atoms with Gasteiger partial charge in [-0.25, -0.2) is 0 Å². The van der Waals surface area contributed by atoms with Crippen LogP contribution in [0.1, 0.15) is 26.7 Å². The van der Waals surface area contributed by atoms with Crippen molar-refractivity contribution in [3.8, 4) is 11.5 Å². The Kier molecular flexibility index (Phi) is 4.60. The van der Waals surface area contributed by atoms with E-state index in [1.807, 2.05) is 0 Å². The molecule has 116 valence electrons. The van der Waals surface area contributed by atoms with E-state index in [0.29, 0.717) is 10.9 Å². The molecular weight excluding hydrogens is 286 g/mol. The molecule has 0 aliphatic heterocycles. The SMILES string of the molecule is CCC(=O)Oc1c(OC(=O)CC)c2ccccc2n(C)c1=O. The van der Waals surface area contributed by atoms with Crippen molar-refractivity contribution in [3.63, 3.8) is 0 Å². The average molecular weight is 303 g/mol. The zero-order valence-corrected chi connectivity index (χ0v) is 12.7. The Labute approximate surface area is 127 Å². The van der Waals surface area contributed by atoms with Crippen molar-refractivity contribution in [3.05, 3.63) is 34.6 Å². The maximum atomic E-state index is 12.4. The monoisotopic (exact) mass is 303 g/mol. The minimum absolute atomic E-state index is 0.00708. The van der Waals surface area contributed by atoms with Crippen LogP contribution in [0.15, 0.2) is 29.1 Å². The molecule has 0 amide bonds. The molecule has 0 saturated heterocycles. The second-order valence-corrected chi connectivity index (χ2v) is 4.69. The molecule has 0 N–H and O–H groups in total. The molecule has 6 nitrogen and oxygen atoms in total. The Morgan fingerprint density at radius 3 is 2.14 bits per heavy atom. The highest BCUT2D eigenvalue weighted by molar-refractivity contribution is 5.91. The number of hydrogen-bond donors (Lipinski definition) is 0. The summed E-state index contributed by atoms with van der Waals surface area (Å²) in [6.07, 6.45) is 0.252. The van der Waals surface area contributed by atoms with Crippen molar-refractivity contribution < 1.29 is 19.1 Å². The smallest absolute Gasteiger partial charge is 0.311 e. The van der Waals surface area contributed by atoms with Crippen LogP contribution in [0.4, 0.5) is 0 Å². The highest BCUT2D eigenvalue weighted by Gasteiger charge is 2.21. The molecule has 0 bridgehead atoms. The summed E-state index contributed by atoms with van der Waals surface area (Å²) in [5, 5.41) is 0.533. The van der Waals surface area contributed by atoms with Gasteiger partial charge >= 0.3 is 11.9 Å². The molecule has 1 aromatic heterocycles. The van der Waals surface area contributed by atoms with Crippen molar-refractivity contribution >= 4 is 22.8 Å². The summed E-state index contributed by atoms with van der Waals surface area (Å²) in [6.45, 7) is 3.26. The normalized spacial score (nSPS) is 10.5. The van der Waals surface area contributed by atoms with Crippen LogP contribution in [0.3, 0.4) is 0 Å². The average Bonchev–Trinajstić information content (AvgIpc) is 2.55. The molecule has 0 saturated carbocycles. The van der Waals surface area contributed by atoms with E-state index in [2.05, 4.69) is 0 Å². The van der Waals surface area contributed by atoms with Crippen molar-refractivity contribution in [1.82, 2.24) is 4.57 Å². The molecule has 0 aliphatic carbocycles. The van der Waals surface area contributed by atoms with E-state index in [4.69, 9.17) is 9.47 Å². The Morgan fingerprint density at radius 1 is 1.00 bits per heavy atom. The van der Waals surface area contributed by atoms with Gasteiger partial charge < -0.3 is 14.0 Å². The van der Waals surface area contributed by atoms with E-state index in [1.54, 1.807) is 45.2 Å². The van der Waals surface area contributed by atoms with Gasteiger partial charge in [0.05, 0.1) is 5.52 Å². The van der Waals surface area contributed by atoms with Crippen LogP contribution in [0.2, 0.25) is 0 Å². The van der Waals surface area contributed by atoms with Crippen LogP contribution >= 0.6 is 0 Å². The number of para-hydroxylation sites is 1. The van der Waals surface area contributed by atoms with E-state index >= 15 is 0 Å². The summed E-state index contributed by atoms with van der Waals surface area (Å²) >= 11 is 0. The molecule has 0 unspecified atom stereocenters. The first-order valence-corrected chi connectivity index (χ1v) is 7.02. The lowest BCUT2D eigenvalue weighted by molar-refractivity contribution is -0.136. The maximum absolute atomic E-state index is 12.4. The minimum atomic E-state index is -0.568. The second-order valence-electron chi connectivity index (χ2n) is 4.69. The molecule has 2 rings (SSSR count). The predicted octanol–water partition coefficient (Wildman–Crippen LogP) is 2.17. The third-order valence-electron chi connectivity index (χ3n) is 3.22. The summed E-state index contributed by atoms with van der Waals surface area (Å²) in [4.78, 5) is 35.7. The van der Waals surface area contributed by atoms with Crippen molar-refractivity contribution in [2.75, 3.05) is 0 Å². The van der Waals surface area contributed by atoms with E-state index in [9.17, 15) is 14.4 Å². The summed E-state index contributed by atoms with van der Waals surface area (Å²) in [6, 6.07) is 6.95. The van der Waals surface area contributed by atoms with Gasteiger partial charge in [-0.3, -0.25) is 14.4 Å². The molecule has 6 heteroatoms. The molecule has 0 fully saturated rings. The molecule has 0 spiro atoms. The van der Waals surface area contributed by atoms with E-state index in [1.165, 1.54) is 4.57 Å². The number of aryl methyl sites for hydroxylation is 1. The van der Waals surface area contributed by atoms with Crippen LogP contribution in [0, 0.1) is 0 Å². The van der Waals surface area contributed by atoms with Gasteiger partial charge in [0.25, 0.3) is 5.56 Å². The van der Waals surface area contributed by atoms with E-state index in [0.717, 1.165) is 0 Å². The van der Waals surface area contributed by atoms with E-state index < -0.39 is 17.5 Å². The van der Waals surface area contributed by atoms with Gasteiger partial charge in [0.15, 0.2) is 5.75 Å². The number of benzene rings is 1. The summed E-state index contributed by atoms with van der Waals surface area (Å²) in [5.41, 5.74) is 0.0575. The third kappa shape index (κ3) is 2.86. The first kappa shape index (κ1) is 15.8. The van der Waals surface area contributed by atoms with Gasteiger partial charge in [-0.15, -0.1) is 0 Å². The van der Waals surface area contributed by atoms with Crippen LogP contribution in [-0.2, 0) is 16.6 Å². The molecular formula is C16H17NO5. The summed E-state index contributed by atoms with van der Waals surface area (Å²) in [7, 11) is 1.57. The van der Waals surface area contributed by atoms with Crippen LogP contribution in [0.5, 0.6) is 11.5 Å². The van der Waals surface area contributed by atoms with Crippen LogP contribution in [0.25, 0.3) is 10.9 Å². The number of hydrogen-bond acceptors (Lipinski definition) is 5. The molecule has 22 heavy (non-hydrogen) atoms. The van der Waals surface area contributed by atoms with Crippen molar-refractivity contribution in [1.29, 1.82) is 0 Å². The number of esters is 2. The Bertz CT molecular complexity index is 791. The van der Waals surface area contributed by atoms with Gasteiger partial charge in [-0.05, 0) is 12.1 Å². The fourth-order valence-electron chi connectivity index (χ4n) is 2.00. The number of rotatable bonds is 4. The number of carbonyl (C=O) groups excluding carboxylic acids is 2. The second kappa shape index (κ2) is 6.43. The van der Waals surface area contributed by atoms with E-state index in [-0.39, 0.29) is 24.3 Å². The highest BCUT2D eigenvalue weighted by atomic mass is 16.6. The zero-order valence-electron chi connectivity index (χ0n) is 12.7. The number of pyridine rings is 1. The lowest BCUT2D eigenvalue weighted by Crippen LogP contribution is -2.24. The topological polar surface area (TPSA) is 74.6 Å². The first-order chi connectivity index (χ1) is 10.5. The summed E-state index contributed by atoms with van der Waals surface area (Å²) in [5.74, 6) is -1.34. The molecule has 2 aromatic rings. The number of carbonyl (C=O) groups is 2. The standard InChI is InChI=1S/C16H17NO5/c1-4-12(18)21-14-10-8-6-7-9-11(10)17(3)16(20)15(14)22-13(19)5-2/h6-9H,4-5H2,1-3H3. The van der Waals surface area contributed by atoms with Gasteiger partial charge in [0.2, 0.25) is 5.75 Å². The quantitative estimate of drug-likeness (QED) is 0.809. The lowest BCUT2D eigenvalue weighted by Gasteiger charge is -2.14. The van der Waals surface area contributed by atoms with Gasteiger partial charge in [0.1, 0.15) is 0 Å². The van der Waals surface area contributed by atoms with Gasteiger partial charge in [0, 0.05) is 25.3 Å². The van der Waals surface area contributed by atoms with Gasteiger partial charge in [-0.1, -0.05) is 26.0 Å². The largest absolute Gasteiger partial charge is 0.422 e. The fraction of sp³-hybridized carbons (Fsp3) is 0.312. The fourth-order valence-corrected chi connectivity index (χ4v) is 2.00. The number of fused-ring (bicyclic) bond motifs is 1. The predicted molar refractivity (Wildman–Crippen MR) is 81.0 cm³/mol. The highest BCUT2D eigenvalue weighted by Crippen LogP contribution is 2.33. The maximum Gasteiger partial charge on any atom is 0.311 e.